The van der Waals surface area contributed by atoms with Crippen LogP contribution >= 0.6 is 0 Å². The van der Waals surface area contributed by atoms with Gasteiger partial charge < -0.3 is 14.5 Å². The van der Waals surface area contributed by atoms with Gasteiger partial charge >= 0.3 is 0 Å². The van der Waals surface area contributed by atoms with Gasteiger partial charge in [-0.2, -0.15) is 0 Å². The molecule has 0 atom stereocenters. The Kier molecular flexibility index (Phi) is 6.58. The summed E-state index contributed by atoms with van der Waals surface area (Å²) >= 11 is 0. The molecule has 4 rings (SSSR count). The second-order valence-electron chi connectivity index (χ2n) is 7.08. The monoisotopic (exact) mass is 398 g/mol. The van der Waals surface area contributed by atoms with Gasteiger partial charge in [0.25, 0.3) is 0 Å². The van der Waals surface area contributed by atoms with E-state index in [0.29, 0.717) is 19.0 Å². The topological polar surface area (TPSA) is 47.3 Å². The van der Waals surface area contributed by atoms with Gasteiger partial charge in [0.1, 0.15) is 12.0 Å². The SMILES string of the molecule is CCOc1ccccc1-c1nc(CNCC(c2ccccc2)c2ccccc2)co1. The van der Waals surface area contributed by atoms with Gasteiger partial charge in [-0.15, -0.1) is 0 Å². The molecule has 0 aliphatic carbocycles. The molecule has 0 saturated heterocycles. The second kappa shape index (κ2) is 9.90. The molecule has 3 aromatic carbocycles. The number of hydrogen-bond acceptors (Lipinski definition) is 4. The Balaban J connectivity index is 1.45. The largest absolute Gasteiger partial charge is 0.493 e. The molecule has 0 amide bonds. The lowest BCUT2D eigenvalue weighted by Crippen LogP contribution is -2.22. The van der Waals surface area contributed by atoms with E-state index < -0.39 is 0 Å². The summed E-state index contributed by atoms with van der Waals surface area (Å²) in [6.45, 7) is 4.02. The first kappa shape index (κ1) is 19.9. The maximum Gasteiger partial charge on any atom is 0.229 e. The van der Waals surface area contributed by atoms with Crippen LogP contribution in [0.25, 0.3) is 11.5 Å². The van der Waals surface area contributed by atoms with E-state index in [9.17, 15) is 0 Å². The zero-order valence-electron chi connectivity index (χ0n) is 17.1. The molecule has 4 heteroatoms. The fourth-order valence-corrected chi connectivity index (χ4v) is 3.58. The Labute approximate surface area is 177 Å². The minimum absolute atomic E-state index is 0.275. The van der Waals surface area contributed by atoms with Gasteiger partial charge in [-0.05, 0) is 30.2 Å². The standard InChI is InChI=1S/C26H26N2O2/c1-2-29-25-16-10-9-15-23(25)26-28-22(19-30-26)17-27-18-24(20-11-5-3-6-12-20)21-13-7-4-8-14-21/h3-16,19,24,27H,2,17-18H2,1H3. The summed E-state index contributed by atoms with van der Waals surface area (Å²) in [5, 5.41) is 3.55. The molecule has 0 radical (unpaired) electrons. The minimum atomic E-state index is 0.275. The number of aromatic nitrogens is 1. The molecule has 30 heavy (non-hydrogen) atoms. The number of para-hydroxylation sites is 1. The van der Waals surface area contributed by atoms with Crippen molar-refractivity contribution in [3.05, 3.63) is 108 Å². The summed E-state index contributed by atoms with van der Waals surface area (Å²) in [6, 6.07) is 29.0. The van der Waals surface area contributed by atoms with Gasteiger partial charge in [-0.1, -0.05) is 72.8 Å². The first-order valence-electron chi connectivity index (χ1n) is 10.3. The highest BCUT2D eigenvalue weighted by Gasteiger charge is 2.15. The van der Waals surface area contributed by atoms with E-state index in [1.54, 1.807) is 6.26 Å². The molecule has 1 heterocycles. The lowest BCUT2D eigenvalue weighted by atomic mass is 9.91. The Bertz CT molecular complexity index is 1010. The zero-order chi connectivity index (χ0) is 20.6. The van der Waals surface area contributed by atoms with E-state index in [-0.39, 0.29) is 5.92 Å². The molecule has 4 aromatic rings. The third-order valence-corrected chi connectivity index (χ3v) is 5.03. The summed E-state index contributed by atoms with van der Waals surface area (Å²) < 4.78 is 11.4. The van der Waals surface area contributed by atoms with E-state index in [4.69, 9.17) is 9.15 Å². The van der Waals surface area contributed by atoms with Crippen molar-refractivity contribution in [3.8, 4) is 17.2 Å². The number of nitrogens with zero attached hydrogens (tertiary/aromatic N) is 1. The van der Waals surface area contributed by atoms with Gasteiger partial charge in [-0.25, -0.2) is 4.98 Å². The fraction of sp³-hybridized carbons (Fsp3) is 0.192. The number of ether oxygens (including phenoxy) is 1. The Morgan fingerprint density at radius 3 is 2.17 bits per heavy atom. The Morgan fingerprint density at radius 2 is 1.50 bits per heavy atom. The molecule has 1 N–H and O–H groups in total. The lowest BCUT2D eigenvalue weighted by Gasteiger charge is -2.18. The second-order valence-corrected chi connectivity index (χ2v) is 7.08. The minimum Gasteiger partial charge on any atom is -0.493 e. The van der Waals surface area contributed by atoms with Crippen molar-refractivity contribution < 1.29 is 9.15 Å². The quantitative estimate of drug-likeness (QED) is 0.395. The molecule has 0 spiro atoms. The molecule has 0 aliphatic heterocycles. The van der Waals surface area contributed by atoms with Crippen molar-refractivity contribution in [3.63, 3.8) is 0 Å². The maximum atomic E-state index is 5.73. The van der Waals surface area contributed by atoms with Crippen molar-refractivity contribution in [1.29, 1.82) is 0 Å². The van der Waals surface area contributed by atoms with Crippen molar-refractivity contribution in [2.45, 2.75) is 19.4 Å². The van der Waals surface area contributed by atoms with Crippen LogP contribution < -0.4 is 10.1 Å². The molecular weight excluding hydrogens is 372 g/mol. The highest BCUT2D eigenvalue weighted by atomic mass is 16.5. The average molecular weight is 399 g/mol. The maximum absolute atomic E-state index is 5.73. The van der Waals surface area contributed by atoms with Gasteiger partial charge in [0.2, 0.25) is 5.89 Å². The molecule has 0 aliphatic rings. The normalized spacial score (nSPS) is 11.0. The van der Waals surface area contributed by atoms with Gasteiger partial charge in [-0.3, -0.25) is 0 Å². The number of hydrogen-bond donors (Lipinski definition) is 1. The number of benzene rings is 3. The average Bonchev–Trinajstić information content (AvgIpc) is 3.27. The molecule has 0 saturated carbocycles. The third-order valence-electron chi connectivity index (χ3n) is 5.03. The summed E-state index contributed by atoms with van der Waals surface area (Å²) in [5.74, 6) is 1.64. The smallest absolute Gasteiger partial charge is 0.229 e. The van der Waals surface area contributed by atoms with Crippen molar-refractivity contribution in [2.24, 2.45) is 0 Å². The molecule has 4 nitrogen and oxygen atoms in total. The van der Waals surface area contributed by atoms with Gasteiger partial charge in [0.05, 0.1) is 17.9 Å². The van der Waals surface area contributed by atoms with Crippen LogP contribution in [0, 0.1) is 0 Å². The van der Waals surface area contributed by atoms with Crippen LogP contribution in [0.5, 0.6) is 5.75 Å². The first-order chi connectivity index (χ1) is 14.8. The van der Waals surface area contributed by atoms with E-state index >= 15 is 0 Å². The van der Waals surface area contributed by atoms with E-state index in [2.05, 4.69) is 71.0 Å². The fourth-order valence-electron chi connectivity index (χ4n) is 3.58. The van der Waals surface area contributed by atoms with E-state index in [1.165, 1.54) is 11.1 Å². The molecular formula is C26H26N2O2. The number of nitrogens with one attached hydrogen (secondary N) is 1. The summed E-state index contributed by atoms with van der Waals surface area (Å²) in [6.07, 6.45) is 1.71. The van der Waals surface area contributed by atoms with Crippen LogP contribution in [0.4, 0.5) is 0 Å². The van der Waals surface area contributed by atoms with E-state index in [0.717, 1.165) is 23.6 Å². The van der Waals surface area contributed by atoms with Crippen molar-refractivity contribution in [1.82, 2.24) is 10.3 Å². The van der Waals surface area contributed by atoms with E-state index in [1.807, 2.05) is 31.2 Å². The lowest BCUT2D eigenvalue weighted by molar-refractivity contribution is 0.340. The highest BCUT2D eigenvalue weighted by molar-refractivity contribution is 5.62. The molecule has 0 bridgehead atoms. The van der Waals surface area contributed by atoms with Crippen LogP contribution in [0.1, 0.15) is 29.7 Å². The van der Waals surface area contributed by atoms with Crippen molar-refractivity contribution >= 4 is 0 Å². The summed E-state index contributed by atoms with van der Waals surface area (Å²) in [7, 11) is 0. The summed E-state index contributed by atoms with van der Waals surface area (Å²) in [4.78, 5) is 4.66. The molecule has 1 aromatic heterocycles. The zero-order valence-corrected chi connectivity index (χ0v) is 17.1. The molecule has 0 fully saturated rings. The van der Waals surface area contributed by atoms with Gasteiger partial charge in [0, 0.05) is 19.0 Å². The number of oxazole rings is 1. The van der Waals surface area contributed by atoms with Crippen LogP contribution in [0.2, 0.25) is 0 Å². The third kappa shape index (κ3) is 4.78. The van der Waals surface area contributed by atoms with Crippen LogP contribution in [-0.4, -0.2) is 18.1 Å². The van der Waals surface area contributed by atoms with Crippen LogP contribution in [0.15, 0.2) is 95.6 Å². The Morgan fingerprint density at radius 1 is 0.867 bits per heavy atom. The number of rotatable bonds is 9. The highest BCUT2D eigenvalue weighted by Crippen LogP contribution is 2.29. The van der Waals surface area contributed by atoms with Crippen LogP contribution in [0.3, 0.4) is 0 Å². The summed E-state index contributed by atoms with van der Waals surface area (Å²) in [5.41, 5.74) is 4.33. The Hall–Kier alpha value is -3.37. The predicted molar refractivity (Wildman–Crippen MR) is 120 cm³/mol. The van der Waals surface area contributed by atoms with Crippen molar-refractivity contribution in [2.75, 3.05) is 13.2 Å². The predicted octanol–water partition coefficient (Wildman–Crippen LogP) is 5.66. The first-order valence-corrected chi connectivity index (χ1v) is 10.3. The van der Waals surface area contributed by atoms with Gasteiger partial charge in [0.15, 0.2) is 0 Å². The molecule has 152 valence electrons. The molecule has 0 unspecified atom stereocenters. The van der Waals surface area contributed by atoms with Crippen LogP contribution in [-0.2, 0) is 6.54 Å².